The van der Waals surface area contributed by atoms with Crippen LogP contribution in [-0.4, -0.2) is 33.8 Å². The van der Waals surface area contributed by atoms with E-state index < -0.39 is 12.0 Å². The number of carboxylic acid groups (broad SMARTS) is 1. The minimum atomic E-state index is -0.740. The summed E-state index contributed by atoms with van der Waals surface area (Å²) in [5, 5.41) is 9.25. The van der Waals surface area contributed by atoms with Gasteiger partial charge in [-0.3, -0.25) is 0 Å². The molecule has 19 heavy (non-hydrogen) atoms. The molecule has 1 aromatic rings. The van der Waals surface area contributed by atoms with Gasteiger partial charge in [0.15, 0.2) is 0 Å². The third-order valence-corrected chi connectivity index (χ3v) is 4.20. The van der Waals surface area contributed by atoms with Gasteiger partial charge in [-0.1, -0.05) is 0 Å². The summed E-state index contributed by atoms with van der Waals surface area (Å²) in [4.78, 5) is 15.9. The number of hydrogen-bond acceptors (Lipinski definition) is 3. The summed E-state index contributed by atoms with van der Waals surface area (Å²) in [7, 11) is 0. The summed E-state index contributed by atoms with van der Waals surface area (Å²) in [6, 6.07) is -0.417. The molecule has 2 aliphatic heterocycles. The first-order chi connectivity index (χ1) is 9.24. The number of aryl methyl sites for hydroxylation is 1. The average molecular weight is 264 g/mol. The van der Waals surface area contributed by atoms with E-state index in [-0.39, 0.29) is 0 Å². The van der Waals surface area contributed by atoms with Gasteiger partial charge in [0.25, 0.3) is 0 Å². The molecule has 0 spiro atoms. The largest absolute Gasteiger partial charge is 0.480 e. The number of imidazole rings is 1. The van der Waals surface area contributed by atoms with Crippen LogP contribution in [-0.2, 0) is 22.4 Å². The number of rotatable bonds is 3. The van der Waals surface area contributed by atoms with Crippen LogP contribution in [0.3, 0.4) is 0 Å². The van der Waals surface area contributed by atoms with Gasteiger partial charge in [0, 0.05) is 25.8 Å². The number of ether oxygens (including phenoxy) is 1. The van der Waals surface area contributed by atoms with Crippen molar-refractivity contribution in [3.8, 4) is 0 Å². The Hall–Kier alpha value is -1.36. The lowest BCUT2D eigenvalue weighted by Crippen LogP contribution is -2.24. The highest BCUT2D eigenvalue weighted by Gasteiger charge is 2.27. The van der Waals surface area contributed by atoms with Gasteiger partial charge < -0.3 is 14.4 Å². The van der Waals surface area contributed by atoms with Gasteiger partial charge in [-0.05, 0) is 38.0 Å². The Balaban J connectivity index is 1.75. The molecule has 5 nitrogen and oxygen atoms in total. The van der Waals surface area contributed by atoms with Crippen LogP contribution in [0, 0.1) is 5.92 Å². The van der Waals surface area contributed by atoms with E-state index in [0.29, 0.717) is 5.92 Å². The van der Waals surface area contributed by atoms with Gasteiger partial charge in [-0.25, -0.2) is 9.78 Å². The normalized spacial score (nSPS) is 24.1. The summed E-state index contributed by atoms with van der Waals surface area (Å²) in [6.07, 6.45) is 7.63. The maximum absolute atomic E-state index is 11.3. The van der Waals surface area contributed by atoms with Gasteiger partial charge in [-0.2, -0.15) is 0 Å². The number of hydrogen-bond donors (Lipinski definition) is 1. The van der Waals surface area contributed by atoms with Crippen molar-refractivity contribution in [2.75, 3.05) is 13.2 Å². The Morgan fingerprint density at radius 1 is 1.42 bits per heavy atom. The van der Waals surface area contributed by atoms with E-state index in [9.17, 15) is 9.90 Å². The molecule has 3 rings (SSSR count). The van der Waals surface area contributed by atoms with Crippen molar-refractivity contribution in [1.82, 2.24) is 9.55 Å². The third kappa shape index (κ3) is 2.66. The van der Waals surface area contributed by atoms with Crippen molar-refractivity contribution < 1.29 is 14.6 Å². The fraction of sp³-hybridized carbons (Fsp3) is 0.714. The number of aromatic nitrogens is 2. The average Bonchev–Trinajstić information content (AvgIpc) is 2.81. The highest BCUT2D eigenvalue weighted by molar-refractivity contribution is 5.72. The molecule has 1 atom stereocenters. The zero-order chi connectivity index (χ0) is 13.2. The van der Waals surface area contributed by atoms with Crippen LogP contribution in [0.15, 0.2) is 6.20 Å². The number of carboxylic acids is 1. The van der Waals surface area contributed by atoms with E-state index in [1.807, 2.05) is 10.8 Å². The summed E-state index contributed by atoms with van der Waals surface area (Å²) >= 11 is 0. The van der Waals surface area contributed by atoms with E-state index in [0.717, 1.165) is 63.3 Å². The molecule has 0 amide bonds. The van der Waals surface area contributed by atoms with E-state index in [1.54, 1.807) is 0 Å². The standard InChI is InChI=1S/C14H20N2O3/c17-14(18)12-2-1-3-13-15-11(9-16(12)13)8-10-4-6-19-7-5-10/h9-10,12H,1-8H2,(H,17,18). The lowest BCUT2D eigenvalue weighted by atomic mass is 9.95. The highest BCUT2D eigenvalue weighted by atomic mass is 16.5. The first kappa shape index (κ1) is 12.7. The van der Waals surface area contributed by atoms with E-state index in [1.165, 1.54) is 0 Å². The highest BCUT2D eigenvalue weighted by Crippen LogP contribution is 2.27. The van der Waals surface area contributed by atoms with Gasteiger partial charge in [0.1, 0.15) is 11.9 Å². The molecule has 0 saturated carbocycles. The van der Waals surface area contributed by atoms with E-state index >= 15 is 0 Å². The van der Waals surface area contributed by atoms with Crippen LogP contribution in [0.25, 0.3) is 0 Å². The predicted molar refractivity (Wildman–Crippen MR) is 69.1 cm³/mol. The van der Waals surface area contributed by atoms with Gasteiger partial charge >= 0.3 is 5.97 Å². The topological polar surface area (TPSA) is 64.3 Å². The summed E-state index contributed by atoms with van der Waals surface area (Å²) in [5.41, 5.74) is 1.05. The molecule has 1 aromatic heterocycles. The Morgan fingerprint density at radius 2 is 2.21 bits per heavy atom. The molecule has 104 valence electrons. The molecule has 1 N–H and O–H groups in total. The summed E-state index contributed by atoms with van der Waals surface area (Å²) in [6.45, 7) is 1.69. The second-order valence-electron chi connectivity index (χ2n) is 5.56. The Bertz CT molecular complexity index is 463. The first-order valence-corrected chi connectivity index (χ1v) is 7.11. The van der Waals surface area contributed by atoms with Crippen LogP contribution in [0.4, 0.5) is 0 Å². The molecule has 0 bridgehead atoms. The second kappa shape index (κ2) is 5.33. The van der Waals surface area contributed by atoms with Crippen molar-refractivity contribution in [2.24, 2.45) is 5.92 Å². The number of fused-ring (bicyclic) bond motifs is 1. The zero-order valence-electron chi connectivity index (χ0n) is 11.0. The molecule has 1 fully saturated rings. The lowest BCUT2D eigenvalue weighted by Gasteiger charge is -2.21. The number of carbonyl (C=O) groups is 1. The fourth-order valence-electron chi connectivity index (χ4n) is 3.12. The molecule has 2 aliphatic rings. The molecule has 0 radical (unpaired) electrons. The van der Waals surface area contributed by atoms with Crippen LogP contribution < -0.4 is 0 Å². The van der Waals surface area contributed by atoms with Crippen LogP contribution in [0.2, 0.25) is 0 Å². The quantitative estimate of drug-likeness (QED) is 0.904. The predicted octanol–water partition coefficient (Wildman–Crippen LogP) is 1.81. The molecule has 1 unspecified atom stereocenters. The molecule has 5 heteroatoms. The van der Waals surface area contributed by atoms with Crippen LogP contribution in [0.1, 0.15) is 43.2 Å². The molecule has 3 heterocycles. The first-order valence-electron chi connectivity index (χ1n) is 7.11. The van der Waals surface area contributed by atoms with Crippen LogP contribution >= 0.6 is 0 Å². The summed E-state index contributed by atoms with van der Waals surface area (Å²) < 4.78 is 7.24. The Labute approximate surface area is 112 Å². The maximum atomic E-state index is 11.3. The van der Waals surface area contributed by atoms with E-state index in [2.05, 4.69) is 4.98 Å². The minimum Gasteiger partial charge on any atom is -0.480 e. The molecule has 0 aliphatic carbocycles. The molecule has 0 aromatic carbocycles. The van der Waals surface area contributed by atoms with Gasteiger partial charge in [0.2, 0.25) is 0 Å². The maximum Gasteiger partial charge on any atom is 0.326 e. The summed E-state index contributed by atoms with van der Waals surface area (Å²) in [5.74, 6) is 0.839. The Kier molecular flexibility index (Phi) is 3.55. The van der Waals surface area contributed by atoms with Crippen molar-refractivity contribution in [3.05, 3.63) is 17.7 Å². The second-order valence-corrected chi connectivity index (χ2v) is 5.56. The fourth-order valence-corrected chi connectivity index (χ4v) is 3.12. The smallest absolute Gasteiger partial charge is 0.326 e. The monoisotopic (exact) mass is 264 g/mol. The molecule has 1 saturated heterocycles. The number of aliphatic carboxylic acids is 1. The number of nitrogens with zero attached hydrogens (tertiary/aromatic N) is 2. The van der Waals surface area contributed by atoms with Gasteiger partial charge in [-0.15, -0.1) is 0 Å². The molecular formula is C14H20N2O3. The van der Waals surface area contributed by atoms with Crippen molar-refractivity contribution in [1.29, 1.82) is 0 Å². The van der Waals surface area contributed by atoms with Crippen LogP contribution in [0.5, 0.6) is 0 Å². The van der Waals surface area contributed by atoms with Gasteiger partial charge in [0.05, 0.1) is 5.69 Å². The zero-order valence-corrected chi connectivity index (χ0v) is 11.0. The van der Waals surface area contributed by atoms with Crippen molar-refractivity contribution >= 4 is 5.97 Å². The van der Waals surface area contributed by atoms with Crippen molar-refractivity contribution in [2.45, 2.75) is 44.6 Å². The molecular weight excluding hydrogens is 244 g/mol. The van der Waals surface area contributed by atoms with Crippen molar-refractivity contribution in [3.63, 3.8) is 0 Å². The van der Waals surface area contributed by atoms with E-state index in [4.69, 9.17) is 4.74 Å². The minimum absolute atomic E-state index is 0.417. The third-order valence-electron chi connectivity index (χ3n) is 4.20. The lowest BCUT2D eigenvalue weighted by molar-refractivity contribution is -0.141. The SMILES string of the molecule is O=C(O)C1CCCc2nc(CC3CCOCC3)cn21. The Morgan fingerprint density at radius 3 is 2.95 bits per heavy atom.